The predicted molar refractivity (Wildman–Crippen MR) is 103 cm³/mol. The van der Waals surface area contributed by atoms with Crippen LogP contribution in [0.25, 0.3) is 0 Å². The minimum atomic E-state index is -0.571. The second kappa shape index (κ2) is 6.87. The van der Waals surface area contributed by atoms with Crippen molar-refractivity contribution in [1.82, 2.24) is 0 Å². The second-order valence-corrected chi connectivity index (χ2v) is 6.60. The van der Waals surface area contributed by atoms with Crippen LogP contribution in [0.5, 0.6) is 0 Å². The van der Waals surface area contributed by atoms with Gasteiger partial charge in [-0.2, -0.15) is 0 Å². The lowest BCUT2D eigenvalue weighted by molar-refractivity contribution is -0.120. The van der Waals surface area contributed by atoms with Crippen LogP contribution in [0.1, 0.15) is 19.8 Å². The lowest BCUT2D eigenvalue weighted by Crippen LogP contribution is -2.40. The van der Waals surface area contributed by atoms with Crippen LogP contribution >= 0.6 is 0 Å². The standard InChI is InChI=1S/C21H20FN3O2/c1-2-12-24-16-9-5-6-10-17(16)25-13-11-18(26)19(21(24)25)20(27)23-15-8-4-3-7-14(15)22/h3-10H,2,11-13H2,1H3,(H,23,27). The first-order valence-electron chi connectivity index (χ1n) is 9.09. The molecule has 2 aromatic rings. The van der Waals surface area contributed by atoms with Crippen LogP contribution in [-0.4, -0.2) is 24.8 Å². The topological polar surface area (TPSA) is 52.7 Å². The highest BCUT2D eigenvalue weighted by molar-refractivity contribution is 6.25. The van der Waals surface area contributed by atoms with E-state index < -0.39 is 11.7 Å². The van der Waals surface area contributed by atoms with Crippen molar-refractivity contribution >= 4 is 28.8 Å². The molecular formula is C21H20FN3O2. The number of halogens is 1. The predicted octanol–water partition coefficient (Wildman–Crippen LogP) is 3.69. The lowest BCUT2D eigenvalue weighted by atomic mass is 10.0. The van der Waals surface area contributed by atoms with Crippen LogP contribution in [0.4, 0.5) is 21.5 Å². The molecule has 0 saturated heterocycles. The van der Waals surface area contributed by atoms with Crippen molar-refractivity contribution in [1.29, 1.82) is 0 Å². The maximum absolute atomic E-state index is 14.0. The zero-order valence-electron chi connectivity index (χ0n) is 15.0. The molecular weight excluding hydrogens is 345 g/mol. The Morgan fingerprint density at radius 2 is 1.81 bits per heavy atom. The molecule has 0 radical (unpaired) electrons. The van der Waals surface area contributed by atoms with Crippen LogP contribution in [0.3, 0.4) is 0 Å². The van der Waals surface area contributed by atoms with E-state index in [0.29, 0.717) is 18.9 Å². The largest absolute Gasteiger partial charge is 0.325 e. The number of hydrogen-bond acceptors (Lipinski definition) is 4. The lowest BCUT2D eigenvalue weighted by Gasteiger charge is -2.30. The number of nitrogens with one attached hydrogen (secondary N) is 1. The summed E-state index contributed by atoms with van der Waals surface area (Å²) >= 11 is 0. The highest BCUT2D eigenvalue weighted by Gasteiger charge is 2.40. The van der Waals surface area contributed by atoms with E-state index in [1.165, 1.54) is 12.1 Å². The fourth-order valence-electron chi connectivity index (χ4n) is 3.68. The van der Waals surface area contributed by atoms with Gasteiger partial charge in [0.05, 0.1) is 17.1 Å². The van der Waals surface area contributed by atoms with Crippen molar-refractivity contribution in [2.45, 2.75) is 19.8 Å². The number of nitrogens with zero attached hydrogens (tertiary/aromatic N) is 2. The Labute approximate surface area is 157 Å². The molecule has 2 aromatic carbocycles. The molecule has 2 aliphatic heterocycles. The molecule has 138 valence electrons. The van der Waals surface area contributed by atoms with Gasteiger partial charge in [0.2, 0.25) is 0 Å². The summed E-state index contributed by atoms with van der Waals surface area (Å²) in [5.74, 6) is -0.720. The summed E-state index contributed by atoms with van der Waals surface area (Å²) in [4.78, 5) is 29.7. The van der Waals surface area contributed by atoms with Crippen LogP contribution in [-0.2, 0) is 9.59 Å². The van der Waals surface area contributed by atoms with E-state index in [-0.39, 0.29) is 23.5 Å². The molecule has 4 rings (SSSR count). The van der Waals surface area contributed by atoms with Gasteiger partial charge in [-0.3, -0.25) is 9.59 Å². The molecule has 2 aliphatic rings. The van der Waals surface area contributed by atoms with Gasteiger partial charge in [0.15, 0.2) is 5.78 Å². The summed E-state index contributed by atoms with van der Waals surface area (Å²) < 4.78 is 14.0. The third-order valence-corrected chi connectivity index (χ3v) is 4.84. The van der Waals surface area contributed by atoms with E-state index in [4.69, 9.17) is 0 Å². The van der Waals surface area contributed by atoms with Gasteiger partial charge < -0.3 is 15.1 Å². The molecule has 1 amide bonds. The third kappa shape index (κ3) is 2.87. The van der Waals surface area contributed by atoms with E-state index in [1.54, 1.807) is 12.1 Å². The first-order chi connectivity index (χ1) is 13.1. The molecule has 0 atom stereocenters. The molecule has 0 aromatic heterocycles. The van der Waals surface area contributed by atoms with Gasteiger partial charge in [0.1, 0.15) is 17.2 Å². The molecule has 6 heteroatoms. The molecule has 0 saturated carbocycles. The third-order valence-electron chi connectivity index (χ3n) is 4.84. The first-order valence-corrected chi connectivity index (χ1v) is 9.09. The van der Waals surface area contributed by atoms with Gasteiger partial charge in [-0.15, -0.1) is 0 Å². The molecule has 2 heterocycles. The van der Waals surface area contributed by atoms with E-state index >= 15 is 0 Å². The van der Waals surface area contributed by atoms with Gasteiger partial charge in [0, 0.05) is 19.5 Å². The maximum Gasteiger partial charge on any atom is 0.263 e. The Morgan fingerprint density at radius 1 is 1.11 bits per heavy atom. The van der Waals surface area contributed by atoms with E-state index in [0.717, 1.165) is 17.8 Å². The van der Waals surface area contributed by atoms with E-state index in [1.807, 2.05) is 34.1 Å². The van der Waals surface area contributed by atoms with Crippen molar-refractivity contribution in [2.24, 2.45) is 0 Å². The molecule has 0 fully saturated rings. The summed E-state index contributed by atoms with van der Waals surface area (Å²) in [6.45, 7) is 3.27. The molecule has 27 heavy (non-hydrogen) atoms. The van der Waals surface area contributed by atoms with Crippen molar-refractivity contribution in [3.63, 3.8) is 0 Å². The van der Waals surface area contributed by atoms with Crippen LogP contribution in [0.2, 0.25) is 0 Å². The summed E-state index contributed by atoms with van der Waals surface area (Å²) in [5, 5.41) is 2.57. The molecule has 0 bridgehead atoms. The monoisotopic (exact) mass is 365 g/mol. The number of amides is 1. The Balaban J connectivity index is 1.80. The van der Waals surface area contributed by atoms with Crippen molar-refractivity contribution in [3.8, 4) is 0 Å². The fraction of sp³-hybridized carbons (Fsp3) is 0.238. The van der Waals surface area contributed by atoms with Crippen molar-refractivity contribution in [2.75, 3.05) is 28.2 Å². The Bertz CT molecular complexity index is 954. The molecule has 0 aliphatic carbocycles. The fourth-order valence-corrected chi connectivity index (χ4v) is 3.68. The van der Waals surface area contributed by atoms with Crippen molar-refractivity contribution < 1.29 is 14.0 Å². The van der Waals surface area contributed by atoms with Gasteiger partial charge in [-0.25, -0.2) is 4.39 Å². The van der Waals surface area contributed by atoms with E-state index in [2.05, 4.69) is 12.2 Å². The zero-order chi connectivity index (χ0) is 19.0. The van der Waals surface area contributed by atoms with Gasteiger partial charge in [-0.05, 0) is 30.7 Å². The summed E-state index contributed by atoms with van der Waals surface area (Å²) in [6, 6.07) is 13.8. The number of carbonyl (C=O) groups excluding carboxylic acids is 2. The molecule has 0 unspecified atom stereocenters. The number of fused-ring (bicyclic) bond motifs is 3. The van der Waals surface area contributed by atoms with Gasteiger partial charge in [-0.1, -0.05) is 31.2 Å². The average Bonchev–Trinajstić information content (AvgIpc) is 2.98. The van der Waals surface area contributed by atoms with Crippen LogP contribution < -0.4 is 15.1 Å². The number of carbonyl (C=O) groups is 2. The molecule has 0 spiro atoms. The number of para-hydroxylation sites is 3. The molecule has 1 N–H and O–H groups in total. The minimum Gasteiger partial charge on any atom is -0.325 e. The number of ketones is 1. The second-order valence-electron chi connectivity index (χ2n) is 6.60. The quantitative estimate of drug-likeness (QED) is 0.840. The number of anilines is 3. The van der Waals surface area contributed by atoms with E-state index in [9.17, 15) is 14.0 Å². The van der Waals surface area contributed by atoms with Crippen LogP contribution in [0, 0.1) is 5.82 Å². The normalized spacial score (nSPS) is 15.7. The minimum absolute atomic E-state index is 0.0677. The highest BCUT2D eigenvalue weighted by Crippen LogP contribution is 2.44. The van der Waals surface area contributed by atoms with Crippen molar-refractivity contribution in [3.05, 3.63) is 65.7 Å². The number of benzene rings is 2. The summed E-state index contributed by atoms with van der Waals surface area (Å²) in [5.41, 5.74) is 2.14. The Hall–Kier alpha value is -3.15. The maximum atomic E-state index is 14.0. The van der Waals surface area contributed by atoms with Gasteiger partial charge in [0.25, 0.3) is 5.91 Å². The number of rotatable bonds is 4. The average molecular weight is 365 g/mol. The SMILES string of the molecule is CCCN1C2=C(C(=O)Nc3ccccc3F)C(=O)CCN2c2ccccc21. The van der Waals surface area contributed by atoms with Gasteiger partial charge >= 0.3 is 0 Å². The number of hydrogen-bond donors (Lipinski definition) is 1. The summed E-state index contributed by atoms with van der Waals surface area (Å²) in [7, 11) is 0. The Morgan fingerprint density at radius 3 is 2.56 bits per heavy atom. The molecule has 5 nitrogen and oxygen atoms in total. The zero-order valence-corrected chi connectivity index (χ0v) is 15.0. The highest BCUT2D eigenvalue weighted by atomic mass is 19.1. The van der Waals surface area contributed by atoms with Crippen LogP contribution in [0.15, 0.2) is 59.9 Å². The Kier molecular flexibility index (Phi) is 4.39. The smallest absolute Gasteiger partial charge is 0.263 e. The number of Topliss-reactive ketones (excluding diaryl/α,β-unsaturated/α-hetero) is 1. The summed E-state index contributed by atoms with van der Waals surface area (Å²) in [6.07, 6.45) is 1.11. The first kappa shape index (κ1) is 17.3.